The van der Waals surface area contributed by atoms with Crippen molar-refractivity contribution in [1.29, 1.82) is 0 Å². The first-order valence-corrected chi connectivity index (χ1v) is 8.22. The quantitative estimate of drug-likeness (QED) is 0.779. The SMILES string of the molecule is CCCc1ccccc1CCc1cccc(C(=O)O)c1OCC. The smallest absolute Gasteiger partial charge is 0.339 e. The van der Waals surface area contributed by atoms with Crippen LogP contribution in [0.5, 0.6) is 5.75 Å². The van der Waals surface area contributed by atoms with Crippen LogP contribution in [-0.4, -0.2) is 17.7 Å². The molecule has 3 heteroatoms. The van der Waals surface area contributed by atoms with Crippen molar-refractivity contribution in [2.75, 3.05) is 6.61 Å². The highest BCUT2D eigenvalue weighted by Crippen LogP contribution is 2.26. The second kappa shape index (κ2) is 8.37. The zero-order chi connectivity index (χ0) is 16.7. The van der Waals surface area contributed by atoms with E-state index in [1.54, 1.807) is 12.1 Å². The van der Waals surface area contributed by atoms with Gasteiger partial charge in [-0.2, -0.15) is 0 Å². The fourth-order valence-corrected chi connectivity index (χ4v) is 2.85. The van der Waals surface area contributed by atoms with Gasteiger partial charge in [0.2, 0.25) is 0 Å². The van der Waals surface area contributed by atoms with Gasteiger partial charge in [-0.3, -0.25) is 0 Å². The predicted molar refractivity (Wildman–Crippen MR) is 92.4 cm³/mol. The molecule has 0 aliphatic rings. The third-order valence-corrected chi connectivity index (χ3v) is 3.92. The average molecular weight is 312 g/mol. The van der Waals surface area contributed by atoms with Gasteiger partial charge in [0.05, 0.1) is 6.61 Å². The maximum Gasteiger partial charge on any atom is 0.339 e. The molecule has 0 bridgehead atoms. The summed E-state index contributed by atoms with van der Waals surface area (Å²) in [5, 5.41) is 9.34. The molecule has 2 rings (SSSR count). The summed E-state index contributed by atoms with van der Waals surface area (Å²) < 4.78 is 5.61. The fourth-order valence-electron chi connectivity index (χ4n) is 2.85. The van der Waals surface area contributed by atoms with E-state index in [1.807, 2.05) is 13.0 Å². The number of para-hydroxylation sites is 1. The first-order valence-electron chi connectivity index (χ1n) is 8.22. The molecule has 23 heavy (non-hydrogen) atoms. The maximum absolute atomic E-state index is 11.4. The van der Waals surface area contributed by atoms with Crippen molar-refractivity contribution in [1.82, 2.24) is 0 Å². The number of hydrogen-bond donors (Lipinski definition) is 1. The fraction of sp³-hybridized carbons (Fsp3) is 0.350. The molecule has 0 unspecified atom stereocenters. The number of benzene rings is 2. The van der Waals surface area contributed by atoms with Gasteiger partial charge < -0.3 is 9.84 Å². The van der Waals surface area contributed by atoms with Gasteiger partial charge in [0, 0.05) is 0 Å². The highest BCUT2D eigenvalue weighted by Gasteiger charge is 2.15. The normalized spacial score (nSPS) is 10.5. The Morgan fingerprint density at radius 2 is 1.52 bits per heavy atom. The lowest BCUT2D eigenvalue weighted by Crippen LogP contribution is -2.07. The highest BCUT2D eigenvalue weighted by atomic mass is 16.5. The molecule has 0 aliphatic heterocycles. The third kappa shape index (κ3) is 4.35. The number of rotatable bonds is 8. The molecule has 0 saturated carbocycles. The van der Waals surface area contributed by atoms with Gasteiger partial charge in [0.1, 0.15) is 11.3 Å². The van der Waals surface area contributed by atoms with Crippen LogP contribution < -0.4 is 4.74 Å². The van der Waals surface area contributed by atoms with Gasteiger partial charge >= 0.3 is 5.97 Å². The Morgan fingerprint density at radius 1 is 0.913 bits per heavy atom. The van der Waals surface area contributed by atoms with Gasteiger partial charge in [-0.05, 0) is 48.9 Å². The minimum Gasteiger partial charge on any atom is -0.493 e. The summed E-state index contributed by atoms with van der Waals surface area (Å²) in [7, 11) is 0. The Hall–Kier alpha value is -2.29. The van der Waals surface area contributed by atoms with E-state index in [4.69, 9.17) is 4.74 Å². The predicted octanol–water partition coefficient (Wildman–Crippen LogP) is 4.52. The second-order valence-electron chi connectivity index (χ2n) is 5.55. The van der Waals surface area contributed by atoms with Crippen molar-refractivity contribution in [3.8, 4) is 5.75 Å². The van der Waals surface area contributed by atoms with Crippen LogP contribution in [0.2, 0.25) is 0 Å². The first-order chi connectivity index (χ1) is 11.2. The maximum atomic E-state index is 11.4. The summed E-state index contributed by atoms with van der Waals surface area (Å²) in [5.74, 6) is -0.433. The summed E-state index contributed by atoms with van der Waals surface area (Å²) in [5.41, 5.74) is 3.91. The van der Waals surface area contributed by atoms with Crippen LogP contribution in [0.3, 0.4) is 0 Å². The summed E-state index contributed by atoms with van der Waals surface area (Å²) >= 11 is 0. The standard InChI is InChI=1S/C20H24O3/c1-3-8-15-9-5-6-10-16(15)13-14-17-11-7-12-18(20(21)22)19(17)23-4-2/h5-7,9-12H,3-4,8,13-14H2,1-2H3,(H,21,22). The lowest BCUT2D eigenvalue weighted by Gasteiger charge is -2.14. The first kappa shape index (κ1) is 17.1. The van der Waals surface area contributed by atoms with E-state index in [0.29, 0.717) is 12.4 Å². The number of ether oxygens (including phenoxy) is 1. The topological polar surface area (TPSA) is 46.5 Å². The van der Waals surface area contributed by atoms with Crippen LogP contribution in [0, 0.1) is 0 Å². The number of hydrogen-bond acceptors (Lipinski definition) is 2. The summed E-state index contributed by atoms with van der Waals surface area (Å²) in [6.45, 7) is 4.52. The van der Waals surface area contributed by atoms with Crippen molar-refractivity contribution in [2.45, 2.75) is 39.5 Å². The van der Waals surface area contributed by atoms with E-state index in [9.17, 15) is 9.90 Å². The molecule has 0 atom stereocenters. The van der Waals surface area contributed by atoms with E-state index in [-0.39, 0.29) is 5.56 Å². The molecule has 2 aromatic carbocycles. The molecular weight excluding hydrogens is 288 g/mol. The van der Waals surface area contributed by atoms with E-state index in [2.05, 4.69) is 31.2 Å². The van der Waals surface area contributed by atoms with Crippen LogP contribution >= 0.6 is 0 Å². The van der Waals surface area contributed by atoms with Gasteiger partial charge in [0.15, 0.2) is 0 Å². The monoisotopic (exact) mass is 312 g/mol. The van der Waals surface area contributed by atoms with E-state index < -0.39 is 5.97 Å². The molecule has 0 radical (unpaired) electrons. The zero-order valence-corrected chi connectivity index (χ0v) is 13.8. The molecule has 0 saturated heterocycles. The summed E-state index contributed by atoms with van der Waals surface area (Å²) in [4.78, 5) is 11.4. The zero-order valence-electron chi connectivity index (χ0n) is 13.8. The van der Waals surface area contributed by atoms with Crippen molar-refractivity contribution in [3.05, 3.63) is 64.7 Å². The van der Waals surface area contributed by atoms with Crippen LogP contribution in [-0.2, 0) is 19.3 Å². The van der Waals surface area contributed by atoms with Gasteiger partial charge in [-0.15, -0.1) is 0 Å². The lowest BCUT2D eigenvalue weighted by molar-refractivity contribution is 0.0692. The van der Waals surface area contributed by atoms with E-state index >= 15 is 0 Å². The lowest BCUT2D eigenvalue weighted by atomic mass is 9.96. The molecule has 3 nitrogen and oxygen atoms in total. The minimum absolute atomic E-state index is 0.242. The van der Waals surface area contributed by atoms with E-state index in [0.717, 1.165) is 31.2 Å². The molecule has 0 heterocycles. The Balaban J connectivity index is 2.24. The molecule has 0 aromatic heterocycles. The molecule has 122 valence electrons. The number of carbonyl (C=O) groups is 1. The Bertz CT molecular complexity index is 662. The van der Waals surface area contributed by atoms with Crippen LogP contribution in [0.4, 0.5) is 0 Å². The Morgan fingerprint density at radius 3 is 2.13 bits per heavy atom. The molecule has 0 spiro atoms. The van der Waals surface area contributed by atoms with Crippen LogP contribution in [0.1, 0.15) is 47.3 Å². The van der Waals surface area contributed by atoms with E-state index in [1.165, 1.54) is 11.1 Å². The van der Waals surface area contributed by atoms with Gasteiger partial charge in [-0.1, -0.05) is 49.7 Å². The number of aryl methyl sites for hydroxylation is 3. The van der Waals surface area contributed by atoms with Crippen LogP contribution in [0.25, 0.3) is 0 Å². The number of carboxylic acids is 1. The number of aromatic carboxylic acids is 1. The van der Waals surface area contributed by atoms with Crippen molar-refractivity contribution in [3.63, 3.8) is 0 Å². The van der Waals surface area contributed by atoms with Gasteiger partial charge in [-0.25, -0.2) is 4.79 Å². The molecule has 0 amide bonds. The summed E-state index contributed by atoms with van der Waals surface area (Å²) in [6, 6.07) is 13.8. The molecule has 0 fully saturated rings. The average Bonchev–Trinajstić information content (AvgIpc) is 2.55. The van der Waals surface area contributed by atoms with Gasteiger partial charge in [0.25, 0.3) is 0 Å². The third-order valence-electron chi connectivity index (χ3n) is 3.92. The summed E-state index contributed by atoms with van der Waals surface area (Å²) in [6.07, 6.45) is 3.86. The molecule has 0 aliphatic carbocycles. The van der Waals surface area contributed by atoms with Crippen molar-refractivity contribution >= 4 is 5.97 Å². The van der Waals surface area contributed by atoms with Crippen LogP contribution in [0.15, 0.2) is 42.5 Å². The van der Waals surface area contributed by atoms with Crippen molar-refractivity contribution < 1.29 is 14.6 Å². The Kier molecular flexibility index (Phi) is 6.21. The number of carboxylic acid groups (broad SMARTS) is 1. The largest absolute Gasteiger partial charge is 0.493 e. The second-order valence-corrected chi connectivity index (χ2v) is 5.55. The molecular formula is C20H24O3. The molecule has 1 N–H and O–H groups in total. The van der Waals surface area contributed by atoms with Crippen molar-refractivity contribution in [2.24, 2.45) is 0 Å². The minimum atomic E-state index is -0.943. The molecule has 2 aromatic rings. The highest BCUT2D eigenvalue weighted by molar-refractivity contribution is 5.91. The Labute approximate surface area is 137 Å².